The fraction of sp³-hybridized carbons (Fsp3) is 0.467. The summed E-state index contributed by atoms with van der Waals surface area (Å²) in [7, 11) is 0. The number of carbonyl (C=O) groups excluding carboxylic acids is 3. The fourth-order valence-electron chi connectivity index (χ4n) is 5.64. The topological polar surface area (TPSA) is 94.6 Å². The molecule has 3 fully saturated rings. The van der Waals surface area contributed by atoms with Gasteiger partial charge in [0.1, 0.15) is 0 Å². The minimum atomic E-state index is -4.56. The third-order valence-corrected chi connectivity index (χ3v) is 8.00. The van der Waals surface area contributed by atoms with Crippen molar-refractivity contribution in [1.82, 2.24) is 15.1 Å². The number of nitrogens with one attached hydrogen (secondary N) is 1. The first-order valence-corrected chi connectivity index (χ1v) is 14.2. The Hall–Kier alpha value is -3.77. The van der Waals surface area contributed by atoms with Crippen molar-refractivity contribution < 1.29 is 32.3 Å². The molecule has 2 unspecified atom stereocenters. The lowest BCUT2D eigenvalue weighted by molar-refractivity contribution is -0.137. The molecule has 0 bridgehead atoms. The van der Waals surface area contributed by atoms with E-state index in [0.29, 0.717) is 37.9 Å². The molecule has 3 amide bonds. The molecule has 12 heteroatoms. The number of amides is 3. The summed E-state index contributed by atoms with van der Waals surface area (Å²) in [6.07, 6.45) is -1.06. The average molecular weight is 586 g/mol. The van der Waals surface area contributed by atoms with Crippen molar-refractivity contribution in [2.75, 3.05) is 63.9 Å². The number of alkyl halides is 3. The zero-order valence-corrected chi connectivity index (χ0v) is 23.2. The van der Waals surface area contributed by atoms with Crippen LogP contribution in [0.5, 0.6) is 0 Å². The molecule has 0 spiro atoms. The standard InChI is InChI=1S/C30H34F3N5O4/c31-30(32,33)24-3-1-2-23(16-24)28(40)35-18-27(39)34-17-21-8-10-37(19-21)26-9-11-38(20-26)25-6-4-22(5-7-25)29(41)36-12-14-42-15-13-36/h1-7,16-17,21,26H,8-15,18-20H2,(H,35,40). The Morgan fingerprint density at radius 2 is 1.71 bits per heavy atom. The minimum Gasteiger partial charge on any atom is -0.378 e. The number of halogens is 3. The number of anilines is 1. The Bertz CT molecular complexity index is 1310. The van der Waals surface area contributed by atoms with Gasteiger partial charge < -0.3 is 19.9 Å². The van der Waals surface area contributed by atoms with Crippen LogP contribution in [0.15, 0.2) is 53.5 Å². The zero-order valence-electron chi connectivity index (χ0n) is 23.2. The second kappa shape index (κ2) is 13.0. The number of likely N-dealkylation sites (tertiary alicyclic amines) is 1. The Balaban J connectivity index is 1.05. The number of aliphatic imine (C=N–C) groups is 1. The first kappa shape index (κ1) is 29.7. The third-order valence-electron chi connectivity index (χ3n) is 8.00. The van der Waals surface area contributed by atoms with Crippen LogP contribution in [0.1, 0.15) is 39.1 Å². The van der Waals surface area contributed by atoms with E-state index >= 15 is 0 Å². The molecular formula is C30H34F3N5O4. The van der Waals surface area contributed by atoms with Gasteiger partial charge in [-0.15, -0.1) is 0 Å². The van der Waals surface area contributed by atoms with Crippen LogP contribution in [-0.2, 0) is 15.7 Å². The van der Waals surface area contributed by atoms with Gasteiger partial charge in [-0.25, -0.2) is 4.99 Å². The van der Waals surface area contributed by atoms with Gasteiger partial charge in [0.2, 0.25) is 0 Å². The molecule has 0 aromatic heterocycles. The first-order chi connectivity index (χ1) is 20.2. The van der Waals surface area contributed by atoms with Crippen molar-refractivity contribution in [2.24, 2.45) is 10.9 Å². The van der Waals surface area contributed by atoms with Crippen LogP contribution in [0.4, 0.5) is 18.9 Å². The molecule has 2 atom stereocenters. The predicted octanol–water partition coefficient (Wildman–Crippen LogP) is 3.11. The monoisotopic (exact) mass is 585 g/mol. The molecule has 0 radical (unpaired) electrons. The van der Waals surface area contributed by atoms with Gasteiger partial charge >= 0.3 is 6.18 Å². The quantitative estimate of drug-likeness (QED) is 0.502. The van der Waals surface area contributed by atoms with Crippen molar-refractivity contribution in [3.8, 4) is 0 Å². The maximum atomic E-state index is 12.9. The molecule has 2 aromatic rings. The Morgan fingerprint density at radius 1 is 0.952 bits per heavy atom. The summed E-state index contributed by atoms with van der Waals surface area (Å²) in [5, 5.41) is 2.34. The van der Waals surface area contributed by atoms with E-state index in [-0.39, 0.29) is 17.4 Å². The van der Waals surface area contributed by atoms with Crippen LogP contribution in [0.2, 0.25) is 0 Å². The molecule has 2 aromatic carbocycles. The second-order valence-corrected chi connectivity index (χ2v) is 10.8. The van der Waals surface area contributed by atoms with Gasteiger partial charge in [0, 0.05) is 67.7 Å². The minimum absolute atomic E-state index is 0.0329. The fourth-order valence-corrected chi connectivity index (χ4v) is 5.64. The lowest BCUT2D eigenvalue weighted by Crippen LogP contribution is -2.40. The lowest BCUT2D eigenvalue weighted by atomic mass is 10.1. The third kappa shape index (κ3) is 7.35. The van der Waals surface area contributed by atoms with Crippen LogP contribution in [0, 0.1) is 5.92 Å². The highest BCUT2D eigenvalue weighted by Gasteiger charge is 2.33. The Morgan fingerprint density at radius 3 is 2.45 bits per heavy atom. The smallest absolute Gasteiger partial charge is 0.378 e. The van der Waals surface area contributed by atoms with Crippen molar-refractivity contribution in [3.05, 3.63) is 65.2 Å². The van der Waals surface area contributed by atoms with Crippen LogP contribution >= 0.6 is 0 Å². The summed E-state index contributed by atoms with van der Waals surface area (Å²) in [6.45, 7) is 5.44. The average Bonchev–Trinajstić information content (AvgIpc) is 3.69. The molecular weight excluding hydrogens is 551 g/mol. The molecule has 5 rings (SSSR count). The van der Waals surface area contributed by atoms with E-state index < -0.39 is 30.1 Å². The van der Waals surface area contributed by atoms with Gasteiger partial charge in [0.15, 0.2) is 0 Å². The van der Waals surface area contributed by atoms with E-state index in [1.165, 1.54) is 6.07 Å². The maximum absolute atomic E-state index is 12.9. The summed E-state index contributed by atoms with van der Waals surface area (Å²) >= 11 is 0. The number of morpholine rings is 1. The number of ether oxygens (including phenoxy) is 1. The summed E-state index contributed by atoms with van der Waals surface area (Å²) in [5.41, 5.74) is 0.676. The summed E-state index contributed by atoms with van der Waals surface area (Å²) < 4.78 is 44.0. The summed E-state index contributed by atoms with van der Waals surface area (Å²) in [5.74, 6) is -1.18. The molecule has 0 aliphatic carbocycles. The van der Waals surface area contributed by atoms with Gasteiger partial charge in [-0.2, -0.15) is 13.2 Å². The molecule has 3 saturated heterocycles. The molecule has 224 valence electrons. The van der Waals surface area contributed by atoms with E-state index in [1.54, 1.807) is 6.21 Å². The number of nitrogens with zero attached hydrogens (tertiary/aromatic N) is 4. The van der Waals surface area contributed by atoms with Gasteiger partial charge in [-0.05, 0) is 61.9 Å². The molecule has 42 heavy (non-hydrogen) atoms. The van der Waals surface area contributed by atoms with Gasteiger partial charge in [0.05, 0.1) is 25.3 Å². The number of hydrogen-bond donors (Lipinski definition) is 1. The van der Waals surface area contributed by atoms with E-state index in [2.05, 4.69) is 20.1 Å². The van der Waals surface area contributed by atoms with Gasteiger partial charge in [0.25, 0.3) is 17.7 Å². The van der Waals surface area contributed by atoms with Crippen LogP contribution in [0.3, 0.4) is 0 Å². The summed E-state index contributed by atoms with van der Waals surface area (Å²) in [4.78, 5) is 47.7. The largest absolute Gasteiger partial charge is 0.416 e. The van der Waals surface area contributed by atoms with Crippen LogP contribution in [0.25, 0.3) is 0 Å². The molecule has 3 aliphatic rings. The van der Waals surface area contributed by atoms with E-state index in [4.69, 9.17) is 4.74 Å². The molecule has 1 N–H and O–H groups in total. The predicted molar refractivity (Wildman–Crippen MR) is 151 cm³/mol. The Labute approximate surface area is 242 Å². The van der Waals surface area contributed by atoms with Crippen molar-refractivity contribution in [1.29, 1.82) is 0 Å². The zero-order chi connectivity index (χ0) is 29.7. The summed E-state index contributed by atoms with van der Waals surface area (Å²) in [6, 6.07) is 12.2. The highest BCUT2D eigenvalue weighted by molar-refractivity contribution is 5.97. The lowest BCUT2D eigenvalue weighted by Gasteiger charge is -2.27. The Kier molecular flexibility index (Phi) is 9.22. The van der Waals surface area contributed by atoms with E-state index in [1.807, 2.05) is 29.2 Å². The number of rotatable bonds is 7. The van der Waals surface area contributed by atoms with Crippen molar-refractivity contribution in [2.45, 2.75) is 25.1 Å². The number of benzene rings is 2. The van der Waals surface area contributed by atoms with Crippen molar-refractivity contribution in [3.63, 3.8) is 0 Å². The highest BCUT2D eigenvalue weighted by Crippen LogP contribution is 2.30. The van der Waals surface area contributed by atoms with Crippen molar-refractivity contribution >= 4 is 29.6 Å². The molecule has 9 nitrogen and oxygen atoms in total. The molecule has 3 aliphatic heterocycles. The SMILES string of the molecule is O=C(CNC(=O)c1cccc(C(F)(F)F)c1)N=CC1CCN(C2CCN(c3ccc(C(=O)N4CCOCC4)cc3)C2)C1. The van der Waals surface area contributed by atoms with E-state index in [9.17, 15) is 27.6 Å². The number of hydrogen-bond acceptors (Lipinski definition) is 6. The highest BCUT2D eigenvalue weighted by atomic mass is 19.4. The van der Waals surface area contributed by atoms with Gasteiger partial charge in [-0.3, -0.25) is 19.3 Å². The molecule has 3 heterocycles. The number of carbonyl (C=O) groups is 3. The normalized spacial score (nSPS) is 21.7. The van der Waals surface area contributed by atoms with Crippen LogP contribution in [-0.4, -0.2) is 98.8 Å². The maximum Gasteiger partial charge on any atom is 0.416 e. The van der Waals surface area contributed by atoms with E-state index in [0.717, 1.165) is 62.9 Å². The molecule has 0 saturated carbocycles. The van der Waals surface area contributed by atoms with Gasteiger partial charge in [-0.1, -0.05) is 6.07 Å². The first-order valence-electron chi connectivity index (χ1n) is 14.2. The van der Waals surface area contributed by atoms with Crippen LogP contribution < -0.4 is 10.2 Å². The second-order valence-electron chi connectivity index (χ2n) is 10.8.